The summed E-state index contributed by atoms with van der Waals surface area (Å²) < 4.78 is 36.6. The Balaban J connectivity index is 1.96. The van der Waals surface area contributed by atoms with Crippen LogP contribution in [0.2, 0.25) is 0 Å². The third kappa shape index (κ3) is 4.64. The second-order valence-corrected chi connectivity index (χ2v) is 4.08. The van der Waals surface area contributed by atoms with Crippen molar-refractivity contribution < 1.29 is 18.3 Å². The van der Waals surface area contributed by atoms with Gasteiger partial charge in [0, 0.05) is 6.61 Å². The van der Waals surface area contributed by atoms with Gasteiger partial charge in [-0.3, -0.25) is 0 Å². The summed E-state index contributed by atoms with van der Waals surface area (Å²) in [5.74, 6) is -0.907. The number of hydrogen-bond donors (Lipinski definition) is 1. The molecule has 21 heavy (non-hydrogen) atoms. The van der Waals surface area contributed by atoms with Gasteiger partial charge in [0.15, 0.2) is 11.6 Å². The van der Waals surface area contributed by atoms with Crippen LogP contribution in [0.5, 0.6) is 6.01 Å². The summed E-state index contributed by atoms with van der Waals surface area (Å²) >= 11 is 0. The second-order valence-electron chi connectivity index (χ2n) is 4.08. The number of halogens is 2. The Morgan fingerprint density at radius 3 is 2.67 bits per heavy atom. The van der Waals surface area contributed by atoms with Crippen molar-refractivity contribution in [2.45, 2.75) is 13.5 Å². The summed E-state index contributed by atoms with van der Waals surface area (Å²) in [6.45, 7) is 2.64. The number of ether oxygens (including phenoxy) is 2. The molecule has 2 rings (SSSR count). The Kier molecular flexibility index (Phi) is 5.39. The Bertz CT molecular complexity index is 579. The van der Waals surface area contributed by atoms with E-state index in [-0.39, 0.29) is 31.0 Å². The molecule has 0 bridgehead atoms. The fourth-order valence-corrected chi connectivity index (χ4v) is 1.49. The van der Waals surface area contributed by atoms with E-state index in [0.29, 0.717) is 6.61 Å². The van der Waals surface area contributed by atoms with Crippen LogP contribution >= 0.6 is 0 Å². The molecule has 0 atom stereocenters. The molecule has 0 saturated carbocycles. The number of hydrogen-bond acceptors (Lipinski definition) is 5. The summed E-state index contributed by atoms with van der Waals surface area (Å²) in [5, 5.41) is 2.68. The first kappa shape index (κ1) is 15.1. The van der Waals surface area contributed by atoms with E-state index in [0.717, 1.165) is 11.8 Å². The standard InChI is InChI=1S/C14H15F2N3O2/c1-2-20-9-18-13-12(16)7-17-14(19-13)21-8-10-3-5-11(15)6-4-10/h3-7H,2,8-9H2,1H3,(H,17,18,19). The monoisotopic (exact) mass is 295 g/mol. The lowest BCUT2D eigenvalue weighted by Gasteiger charge is -2.08. The Morgan fingerprint density at radius 1 is 1.19 bits per heavy atom. The van der Waals surface area contributed by atoms with E-state index in [1.807, 2.05) is 6.92 Å². The van der Waals surface area contributed by atoms with E-state index < -0.39 is 5.82 Å². The predicted octanol–water partition coefficient (Wildman–Crippen LogP) is 2.74. The van der Waals surface area contributed by atoms with Gasteiger partial charge >= 0.3 is 6.01 Å². The highest BCUT2D eigenvalue weighted by molar-refractivity contribution is 5.35. The number of rotatable bonds is 7. The molecule has 0 fully saturated rings. The van der Waals surface area contributed by atoms with E-state index in [1.54, 1.807) is 12.1 Å². The number of benzene rings is 1. The first-order chi connectivity index (χ1) is 10.2. The molecule has 1 heterocycles. The van der Waals surface area contributed by atoms with E-state index in [2.05, 4.69) is 15.3 Å². The van der Waals surface area contributed by atoms with Gasteiger partial charge in [0.05, 0.1) is 6.20 Å². The van der Waals surface area contributed by atoms with Gasteiger partial charge in [0.2, 0.25) is 0 Å². The quantitative estimate of drug-likeness (QED) is 0.629. The number of anilines is 1. The highest BCUT2D eigenvalue weighted by Gasteiger charge is 2.07. The van der Waals surface area contributed by atoms with Gasteiger partial charge in [0.25, 0.3) is 0 Å². The molecule has 112 valence electrons. The molecular formula is C14H15F2N3O2. The molecule has 1 aromatic heterocycles. The fourth-order valence-electron chi connectivity index (χ4n) is 1.49. The van der Waals surface area contributed by atoms with Crippen molar-refractivity contribution in [2.24, 2.45) is 0 Å². The van der Waals surface area contributed by atoms with E-state index in [4.69, 9.17) is 9.47 Å². The average molecular weight is 295 g/mol. The van der Waals surface area contributed by atoms with Gasteiger partial charge in [-0.25, -0.2) is 13.8 Å². The Hall–Kier alpha value is -2.28. The molecule has 7 heteroatoms. The topological polar surface area (TPSA) is 56.3 Å². The van der Waals surface area contributed by atoms with Crippen molar-refractivity contribution in [3.8, 4) is 6.01 Å². The first-order valence-corrected chi connectivity index (χ1v) is 6.40. The molecule has 0 aliphatic heterocycles. The first-order valence-electron chi connectivity index (χ1n) is 6.40. The fraction of sp³-hybridized carbons (Fsp3) is 0.286. The zero-order chi connectivity index (χ0) is 15.1. The molecule has 0 aliphatic carbocycles. The summed E-state index contributed by atoms with van der Waals surface area (Å²) in [5.41, 5.74) is 0.758. The lowest BCUT2D eigenvalue weighted by Crippen LogP contribution is -2.10. The van der Waals surface area contributed by atoms with Gasteiger partial charge < -0.3 is 14.8 Å². The van der Waals surface area contributed by atoms with Crippen LogP contribution in [0.25, 0.3) is 0 Å². The smallest absolute Gasteiger partial charge is 0.318 e. The van der Waals surface area contributed by atoms with Crippen LogP contribution in [0.4, 0.5) is 14.6 Å². The zero-order valence-corrected chi connectivity index (χ0v) is 11.5. The molecule has 0 radical (unpaired) electrons. The van der Waals surface area contributed by atoms with Crippen LogP contribution in [0, 0.1) is 11.6 Å². The summed E-state index contributed by atoms with van der Waals surface area (Å²) in [4.78, 5) is 7.64. The van der Waals surface area contributed by atoms with Crippen molar-refractivity contribution in [1.29, 1.82) is 0 Å². The second kappa shape index (κ2) is 7.49. The maximum atomic E-state index is 13.5. The molecule has 0 aliphatic rings. The van der Waals surface area contributed by atoms with Crippen molar-refractivity contribution in [3.05, 3.63) is 47.7 Å². The van der Waals surface area contributed by atoms with Gasteiger partial charge in [-0.15, -0.1) is 0 Å². The third-order valence-electron chi connectivity index (χ3n) is 2.55. The van der Waals surface area contributed by atoms with Crippen LogP contribution in [0.1, 0.15) is 12.5 Å². The lowest BCUT2D eigenvalue weighted by atomic mass is 10.2. The minimum absolute atomic E-state index is 0.00700. The van der Waals surface area contributed by atoms with E-state index in [1.165, 1.54) is 12.1 Å². The van der Waals surface area contributed by atoms with E-state index in [9.17, 15) is 8.78 Å². The number of aromatic nitrogens is 2. The van der Waals surface area contributed by atoms with Crippen LogP contribution in [-0.2, 0) is 11.3 Å². The summed E-state index contributed by atoms with van der Waals surface area (Å²) in [6, 6.07) is 5.87. The van der Waals surface area contributed by atoms with Crippen molar-refractivity contribution in [3.63, 3.8) is 0 Å². The number of nitrogens with zero attached hydrogens (tertiary/aromatic N) is 2. The van der Waals surface area contributed by atoms with Gasteiger partial charge in [-0.2, -0.15) is 4.98 Å². The predicted molar refractivity (Wildman–Crippen MR) is 72.8 cm³/mol. The normalized spacial score (nSPS) is 10.4. The van der Waals surface area contributed by atoms with Crippen LogP contribution in [0.15, 0.2) is 30.5 Å². The van der Waals surface area contributed by atoms with Crippen LogP contribution < -0.4 is 10.1 Å². The minimum atomic E-state index is -0.594. The summed E-state index contributed by atoms with van der Waals surface area (Å²) in [7, 11) is 0. The van der Waals surface area contributed by atoms with Gasteiger partial charge in [-0.05, 0) is 24.6 Å². The van der Waals surface area contributed by atoms with Crippen LogP contribution in [0.3, 0.4) is 0 Å². The molecule has 0 amide bonds. The van der Waals surface area contributed by atoms with Crippen LogP contribution in [-0.4, -0.2) is 23.3 Å². The Labute approximate surface area is 120 Å². The molecule has 0 saturated heterocycles. The largest absolute Gasteiger partial charge is 0.459 e. The third-order valence-corrected chi connectivity index (χ3v) is 2.55. The molecule has 1 aromatic carbocycles. The highest BCUT2D eigenvalue weighted by Crippen LogP contribution is 2.14. The Morgan fingerprint density at radius 2 is 1.95 bits per heavy atom. The summed E-state index contributed by atoms with van der Waals surface area (Å²) in [6.07, 6.45) is 1.02. The minimum Gasteiger partial charge on any atom is -0.459 e. The van der Waals surface area contributed by atoms with Crippen molar-refractivity contribution in [2.75, 3.05) is 18.7 Å². The maximum absolute atomic E-state index is 13.5. The molecule has 0 spiro atoms. The van der Waals surface area contributed by atoms with Crippen molar-refractivity contribution >= 4 is 5.82 Å². The average Bonchev–Trinajstić information content (AvgIpc) is 2.49. The SMILES string of the molecule is CCOCNc1nc(OCc2ccc(F)cc2)ncc1F. The van der Waals surface area contributed by atoms with Gasteiger partial charge in [0.1, 0.15) is 19.2 Å². The number of nitrogens with one attached hydrogen (secondary N) is 1. The lowest BCUT2D eigenvalue weighted by molar-refractivity contribution is 0.166. The molecule has 2 aromatic rings. The molecule has 1 N–H and O–H groups in total. The molecular weight excluding hydrogens is 280 g/mol. The molecule has 0 unspecified atom stereocenters. The van der Waals surface area contributed by atoms with Gasteiger partial charge in [-0.1, -0.05) is 12.1 Å². The van der Waals surface area contributed by atoms with E-state index >= 15 is 0 Å². The maximum Gasteiger partial charge on any atom is 0.318 e. The zero-order valence-electron chi connectivity index (χ0n) is 11.5. The highest BCUT2D eigenvalue weighted by atomic mass is 19.1. The van der Waals surface area contributed by atoms with Crippen molar-refractivity contribution in [1.82, 2.24) is 9.97 Å². The molecule has 5 nitrogen and oxygen atoms in total.